The van der Waals surface area contributed by atoms with Crippen molar-refractivity contribution in [2.24, 2.45) is 0 Å². The summed E-state index contributed by atoms with van der Waals surface area (Å²) in [5, 5.41) is 0. The van der Waals surface area contributed by atoms with Crippen LogP contribution in [0.3, 0.4) is 0 Å². The lowest BCUT2D eigenvalue weighted by Gasteiger charge is -2.12. The van der Waals surface area contributed by atoms with E-state index in [2.05, 4.69) is 48.6 Å². The number of fused-ring (bicyclic) bond motifs is 8. The van der Waals surface area contributed by atoms with Crippen LogP contribution in [0.4, 0.5) is 0 Å². The second kappa shape index (κ2) is 5.77. The van der Waals surface area contributed by atoms with Gasteiger partial charge in [0.1, 0.15) is 0 Å². The molecule has 120 valence electrons. The molecule has 0 nitrogen and oxygen atoms in total. The third kappa shape index (κ3) is 2.86. The molecule has 0 N–H and O–H groups in total. The zero-order valence-electron chi connectivity index (χ0n) is 14.3. The van der Waals surface area contributed by atoms with Crippen molar-refractivity contribution in [1.29, 1.82) is 0 Å². The molecule has 0 heterocycles. The standard InChI is InChI=1S/C24H24/c1-2-18-9-17(1)13-19-3-4-21(10-19)15-23-7-8-24(12-23)16-22-6-5-20(11-22)14-18/h1-8H,9-16H2. The van der Waals surface area contributed by atoms with Gasteiger partial charge in [0.15, 0.2) is 0 Å². The fourth-order valence-corrected chi connectivity index (χ4v) is 4.72. The molecule has 1 fully saturated rings. The number of hydrogen-bond donors (Lipinski definition) is 0. The van der Waals surface area contributed by atoms with Gasteiger partial charge in [0, 0.05) is 0 Å². The average Bonchev–Trinajstić information content (AvgIpc) is 3.32. The van der Waals surface area contributed by atoms with E-state index in [9.17, 15) is 0 Å². The molecule has 0 unspecified atom stereocenters. The Morgan fingerprint density at radius 2 is 0.375 bits per heavy atom. The van der Waals surface area contributed by atoms with Crippen molar-refractivity contribution >= 4 is 0 Å². The van der Waals surface area contributed by atoms with Gasteiger partial charge in [-0.3, -0.25) is 0 Å². The first-order valence-corrected chi connectivity index (χ1v) is 9.30. The molecule has 5 rings (SSSR count). The van der Waals surface area contributed by atoms with Crippen LogP contribution in [0.2, 0.25) is 0 Å². The monoisotopic (exact) mass is 312 g/mol. The van der Waals surface area contributed by atoms with Crippen molar-refractivity contribution in [3.63, 3.8) is 0 Å². The minimum atomic E-state index is 1.17. The van der Waals surface area contributed by atoms with Crippen molar-refractivity contribution in [2.75, 3.05) is 0 Å². The van der Waals surface area contributed by atoms with Crippen LogP contribution in [0.15, 0.2) is 93.2 Å². The third-order valence-electron chi connectivity index (χ3n) is 5.85. The van der Waals surface area contributed by atoms with E-state index in [-0.39, 0.29) is 0 Å². The lowest BCUT2D eigenvalue weighted by atomic mass is 9.93. The summed E-state index contributed by atoms with van der Waals surface area (Å²) in [6, 6.07) is 0. The van der Waals surface area contributed by atoms with Crippen molar-refractivity contribution in [2.45, 2.75) is 51.4 Å². The summed E-state index contributed by atoms with van der Waals surface area (Å²) < 4.78 is 0. The Kier molecular flexibility index (Phi) is 3.43. The maximum Gasteiger partial charge on any atom is -0.00958 e. The summed E-state index contributed by atoms with van der Waals surface area (Å²) in [4.78, 5) is 0. The maximum absolute atomic E-state index is 2.38. The molecule has 5 aliphatic rings. The Morgan fingerprint density at radius 3 is 0.500 bits per heavy atom. The molecule has 0 aliphatic heterocycles. The fourth-order valence-electron chi connectivity index (χ4n) is 4.72. The highest BCUT2D eigenvalue weighted by molar-refractivity contribution is 5.45. The van der Waals surface area contributed by atoms with E-state index >= 15 is 0 Å². The van der Waals surface area contributed by atoms with E-state index in [4.69, 9.17) is 0 Å². The lowest BCUT2D eigenvalue weighted by molar-refractivity contribution is 0.894. The first kappa shape index (κ1) is 14.3. The van der Waals surface area contributed by atoms with Crippen LogP contribution >= 0.6 is 0 Å². The van der Waals surface area contributed by atoms with Gasteiger partial charge in [0.25, 0.3) is 0 Å². The molecule has 0 atom stereocenters. The van der Waals surface area contributed by atoms with Gasteiger partial charge < -0.3 is 0 Å². The molecule has 0 aromatic rings. The van der Waals surface area contributed by atoms with Crippen LogP contribution in [-0.4, -0.2) is 0 Å². The molecule has 24 heavy (non-hydrogen) atoms. The van der Waals surface area contributed by atoms with Gasteiger partial charge in [-0.25, -0.2) is 0 Å². The largest absolute Gasteiger partial charge is 0.0624 e. The minimum Gasteiger partial charge on any atom is -0.0624 e. The summed E-state index contributed by atoms with van der Waals surface area (Å²) >= 11 is 0. The SMILES string of the molecule is C1=C2CC(=C1)CC1=CC=C(C1)CC1=CC=C(C1)CC1=CC=C(C1)C2. The molecule has 5 aliphatic carbocycles. The zero-order valence-corrected chi connectivity index (χ0v) is 14.3. The van der Waals surface area contributed by atoms with E-state index in [1.165, 1.54) is 51.4 Å². The summed E-state index contributed by atoms with van der Waals surface area (Å²) in [5.74, 6) is 0. The number of hydrogen-bond acceptors (Lipinski definition) is 0. The maximum atomic E-state index is 2.38. The molecule has 1 saturated carbocycles. The van der Waals surface area contributed by atoms with Crippen LogP contribution in [0.25, 0.3) is 0 Å². The van der Waals surface area contributed by atoms with Gasteiger partial charge in [0.05, 0.1) is 0 Å². The lowest BCUT2D eigenvalue weighted by Crippen LogP contribution is -1.93. The number of allylic oxidation sites excluding steroid dienone is 16. The highest BCUT2D eigenvalue weighted by Crippen LogP contribution is 2.39. The molecule has 0 saturated heterocycles. The van der Waals surface area contributed by atoms with Crippen molar-refractivity contribution in [1.82, 2.24) is 0 Å². The minimum absolute atomic E-state index is 1.17. The summed E-state index contributed by atoms with van der Waals surface area (Å²) in [7, 11) is 0. The smallest absolute Gasteiger partial charge is 0.00958 e. The van der Waals surface area contributed by atoms with E-state index < -0.39 is 0 Å². The first-order valence-electron chi connectivity index (χ1n) is 9.30. The normalized spacial score (nSPS) is 25.3. The molecule has 0 heteroatoms. The highest BCUT2D eigenvalue weighted by atomic mass is 14.2. The molecule has 0 aromatic heterocycles. The average molecular weight is 312 g/mol. The van der Waals surface area contributed by atoms with Gasteiger partial charge in [-0.1, -0.05) is 93.2 Å². The second-order valence-electron chi connectivity index (χ2n) is 8.01. The van der Waals surface area contributed by atoms with Gasteiger partial charge >= 0.3 is 0 Å². The van der Waals surface area contributed by atoms with Gasteiger partial charge in [0.2, 0.25) is 0 Å². The summed E-state index contributed by atoms with van der Waals surface area (Å²) in [6.45, 7) is 0. The van der Waals surface area contributed by atoms with Crippen LogP contribution in [0.5, 0.6) is 0 Å². The molecular weight excluding hydrogens is 288 g/mol. The quantitative estimate of drug-likeness (QED) is 0.473. The molecule has 0 radical (unpaired) electrons. The predicted molar refractivity (Wildman–Crippen MR) is 102 cm³/mol. The van der Waals surface area contributed by atoms with E-state index in [1.807, 2.05) is 0 Å². The van der Waals surface area contributed by atoms with Gasteiger partial charge in [-0.2, -0.15) is 0 Å². The zero-order chi connectivity index (χ0) is 15.9. The van der Waals surface area contributed by atoms with E-state index in [0.717, 1.165) is 0 Å². The number of rotatable bonds is 0. The summed E-state index contributed by atoms with van der Waals surface area (Å²) in [6.07, 6.45) is 28.5. The highest BCUT2D eigenvalue weighted by Gasteiger charge is 2.19. The second-order valence-corrected chi connectivity index (χ2v) is 8.01. The Hall–Kier alpha value is -2.08. The fraction of sp³-hybridized carbons (Fsp3) is 0.333. The summed E-state index contributed by atoms with van der Waals surface area (Å²) in [5.41, 5.74) is 12.8. The van der Waals surface area contributed by atoms with E-state index in [0.29, 0.717) is 0 Å². The van der Waals surface area contributed by atoms with Crippen LogP contribution in [-0.2, 0) is 0 Å². The molecule has 8 bridgehead atoms. The van der Waals surface area contributed by atoms with Gasteiger partial charge in [-0.05, 0) is 51.4 Å². The molecule has 0 amide bonds. The Balaban J connectivity index is 1.35. The Morgan fingerprint density at radius 1 is 0.250 bits per heavy atom. The van der Waals surface area contributed by atoms with E-state index in [1.54, 1.807) is 44.6 Å². The molecule has 0 spiro atoms. The first-order chi connectivity index (χ1) is 11.8. The van der Waals surface area contributed by atoms with Gasteiger partial charge in [-0.15, -0.1) is 0 Å². The topological polar surface area (TPSA) is 0 Å². The molecule has 0 aromatic carbocycles. The van der Waals surface area contributed by atoms with Crippen molar-refractivity contribution in [3.05, 3.63) is 93.2 Å². The van der Waals surface area contributed by atoms with Crippen molar-refractivity contribution in [3.8, 4) is 0 Å². The molecular formula is C24H24. The predicted octanol–water partition coefficient (Wildman–Crippen LogP) is 6.59. The Bertz CT molecular complexity index is 632. The van der Waals surface area contributed by atoms with Crippen molar-refractivity contribution < 1.29 is 0 Å². The Labute approximate surface area is 145 Å². The third-order valence-corrected chi connectivity index (χ3v) is 5.85. The van der Waals surface area contributed by atoms with Crippen LogP contribution in [0.1, 0.15) is 51.4 Å². The van der Waals surface area contributed by atoms with Crippen LogP contribution < -0.4 is 0 Å². The van der Waals surface area contributed by atoms with Crippen LogP contribution in [0, 0.1) is 0 Å².